The van der Waals surface area contributed by atoms with E-state index in [2.05, 4.69) is 15.6 Å². The molecular formula is C28H31F2N5O2. The average Bonchev–Trinajstić information content (AvgIpc) is 3.27. The van der Waals surface area contributed by atoms with Gasteiger partial charge in [0.05, 0.1) is 17.6 Å². The first-order valence-electron chi connectivity index (χ1n) is 11.9. The Bertz CT molecular complexity index is 1460. The first-order valence-corrected chi connectivity index (χ1v) is 11.9. The summed E-state index contributed by atoms with van der Waals surface area (Å²) in [6.45, 7) is 6.08. The Balaban J connectivity index is 1.79. The van der Waals surface area contributed by atoms with Crippen molar-refractivity contribution in [2.75, 3.05) is 19.4 Å². The van der Waals surface area contributed by atoms with E-state index in [-0.39, 0.29) is 17.2 Å². The van der Waals surface area contributed by atoms with E-state index < -0.39 is 23.2 Å². The van der Waals surface area contributed by atoms with Gasteiger partial charge in [-0.25, -0.2) is 9.37 Å². The Morgan fingerprint density at radius 3 is 2.57 bits per heavy atom. The van der Waals surface area contributed by atoms with Gasteiger partial charge in [-0.15, -0.1) is 0 Å². The second-order valence-electron chi connectivity index (χ2n) is 9.91. The topological polar surface area (TPSA) is 94.7 Å². The van der Waals surface area contributed by atoms with Crippen LogP contribution in [0.2, 0.25) is 0 Å². The van der Waals surface area contributed by atoms with Gasteiger partial charge in [0.1, 0.15) is 17.5 Å². The maximum absolute atomic E-state index is 15.2. The number of ether oxygens (including phenoxy) is 1. The summed E-state index contributed by atoms with van der Waals surface area (Å²) in [4.78, 5) is 4.38. The van der Waals surface area contributed by atoms with Gasteiger partial charge in [0, 0.05) is 42.2 Å². The normalized spacial score (nSPS) is 12.5. The first kappa shape index (κ1) is 26.2. The van der Waals surface area contributed by atoms with E-state index in [1.54, 1.807) is 49.8 Å². The minimum absolute atomic E-state index is 0.00939. The second kappa shape index (κ2) is 10.3. The highest BCUT2D eigenvalue weighted by Gasteiger charge is 2.29. The maximum Gasteiger partial charge on any atom is 0.201 e. The van der Waals surface area contributed by atoms with Gasteiger partial charge in [-0.1, -0.05) is 20.8 Å². The standard InChI is InChI=1S/C28H31F2N5O2/c1-28(2,3)27(36)25(31)20-12-18(7-10-22(20)33-5)37-26-19(8-9-21(29)24(26)30)16-6-11-23-34-14-17(13-32-4)35(23)15-16/h6-12,14-15,27,31-33,36H,13H2,1-5H3. The molecule has 0 aliphatic carbocycles. The van der Waals surface area contributed by atoms with Crippen LogP contribution in [0.3, 0.4) is 0 Å². The number of nitrogens with one attached hydrogen (secondary N) is 3. The van der Waals surface area contributed by atoms with Crippen molar-refractivity contribution in [1.82, 2.24) is 14.7 Å². The molecule has 2 aromatic heterocycles. The monoisotopic (exact) mass is 507 g/mol. The number of nitrogens with zero attached hydrogens (tertiary/aromatic N) is 2. The van der Waals surface area contributed by atoms with Crippen molar-refractivity contribution in [3.8, 4) is 22.6 Å². The molecule has 4 aromatic rings. The summed E-state index contributed by atoms with van der Waals surface area (Å²) < 4.78 is 37.3. The molecule has 194 valence electrons. The first-order chi connectivity index (χ1) is 17.5. The van der Waals surface area contributed by atoms with Crippen LogP contribution in [0, 0.1) is 22.5 Å². The zero-order chi connectivity index (χ0) is 26.9. The van der Waals surface area contributed by atoms with Gasteiger partial charge in [-0.2, -0.15) is 4.39 Å². The molecule has 0 amide bonds. The molecule has 4 N–H and O–H groups in total. The molecule has 0 aliphatic heterocycles. The number of anilines is 1. The van der Waals surface area contributed by atoms with Crippen molar-refractivity contribution >= 4 is 17.0 Å². The lowest BCUT2D eigenvalue weighted by atomic mass is 9.84. The number of halogens is 2. The van der Waals surface area contributed by atoms with Gasteiger partial charge in [0.2, 0.25) is 5.82 Å². The Hall–Kier alpha value is -3.82. The maximum atomic E-state index is 15.2. The molecular weight excluding hydrogens is 476 g/mol. The predicted molar refractivity (Wildman–Crippen MR) is 142 cm³/mol. The van der Waals surface area contributed by atoms with Gasteiger partial charge >= 0.3 is 0 Å². The molecule has 7 nitrogen and oxygen atoms in total. The smallest absolute Gasteiger partial charge is 0.201 e. The van der Waals surface area contributed by atoms with Gasteiger partial charge < -0.3 is 30.3 Å². The molecule has 1 atom stereocenters. The van der Waals surface area contributed by atoms with Crippen LogP contribution in [0.25, 0.3) is 16.8 Å². The molecule has 4 rings (SSSR count). The van der Waals surface area contributed by atoms with E-state index in [0.29, 0.717) is 28.9 Å². The number of aliphatic hydroxyl groups excluding tert-OH is 1. The summed E-state index contributed by atoms with van der Waals surface area (Å²) >= 11 is 0. The van der Waals surface area contributed by atoms with E-state index in [4.69, 9.17) is 10.1 Å². The number of rotatable bonds is 8. The fraction of sp³-hybridized carbons (Fsp3) is 0.286. The van der Waals surface area contributed by atoms with Crippen LogP contribution in [-0.4, -0.2) is 40.4 Å². The Kier molecular flexibility index (Phi) is 7.29. The largest absolute Gasteiger partial charge is 0.453 e. The summed E-state index contributed by atoms with van der Waals surface area (Å²) in [5, 5.41) is 25.4. The van der Waals surface area contributed by atoms with Crippen LogP contribution in [0.15, 0.2) is 54.9 Å². The lowest BCUT2D eigenvalue weighted by molar-refractivity contribution is 0.122. The molecule has 0 fully saturated rings. The molecule has 37 heavy (non-hydrogen) atoms. The number of benzene rings is 2. The van der Waals surface area contributed by atoms with Gasteiger partial charge in [0.25, 0.3) is 0 Å². The molecule has 0 saturated heterocycles. The van der Waals surface area contributed by atoms with Crippen molar-refractivity contribution in [1.29, 1.82) is 5.41 Å². The summed E-state index contributed by atoms with van der Waals surface area (Å²) in [7, 11) is 3.54. The number of hydrogen-bond donors (Lipinski definition) is 4. The fourth-order valence-corrected chi connectivity index (χ4v) is 4.09. The summed E-state index contributed by atoms with van der Waals surface area (Å²) in [5.74, 6) is -2.24. The van der Waals surface area contributed by atoms with Crippen LogP contribution in [0.4, 0.5) is 14.5 Å². The van der Waals surface area contributed by atoms with E-state index in [9.17, 15) is 9.50 Å². The molecule has 9 heteroatoms. The Labute approximate surface area is 214 Å². The Morgan fingerprint density at radius 2 is 1.89 bits per heavy atom. The van der Waals surface area contributed by atoms with E-state index in [1.165, 1.54) is 6.07 Å². The summed E-state index contributed by atoms with van der Waals surface area (Å²) in [6, 6.07) is 10.9. The number of fused-ring (bicyclic) bond motifs is 1. The van der Waals surface area contributed by atoms with Crippen molar-refractivity contribution < 1.29 is 18.6 Å². The van der Waals surface area contributed by atoms with Crippen LogP contribution >= 0.6 is 0 Å². The number of pyridine rings is 1. The quantitative estimate of drug-likeness (QED) is 0.233. The highest BCUT2D eigenvalue weighted by atomic mass is 19.2. The molecule has 0 spiro atoms. The minimum Gasteiger partial charge on any atom is -0.453 e. The van der Waals surface area contributed by atoms with Crippen LogP contribution in [0.1, 0.15) is 32.0 Å². The summed E-state index contributed by atoms with van der Waals surface area (Å²) in [6.07, 6.45) is 2.51. The number of aliphatic hydroxyl groups is 1. The van der Waals surface area contributed by atoms with Crippen molar-refractivity contribution in [3.63, 3.8) is 0 Å². The summed E-state index contributed by atoms with van der Waals surface area (Å²) in [5.41, 5.74) is 3.02. The molecule has 0 bridgehead atoms. The number of imidazole rings is 1. The lowest BCUT2D eigenvalue weighted by Gasteiger charge is -2.27. The number of aromatic nitrogens is 2. The third kappa shape index (κ3) is 5.19. The SMILES string of the molecule is CNCc1cnc2ccc(-c3ccc(F)c(F)c3Oc3ccc(NC)c(C(=N)C(O)C(C)(C)C)c3)cn12. The lowest BCUT2D eigenvalue weighted by Crippen LogP contribution is -2.34. The highest BCUT2D eigenvalue weighted by molar-refractivity contribution is 6.06. The van der Waals surface area contributed by atoms with E-state index in [0.717, 1.165) is 17.4 Å². The molecule has 2 aromatic carbocycles. The van der Waals surface area contributed by atoms with Crippen molar-refractivity contribution in [2.45, 2.75) is 33.4 Å². The van der Waals surface area contributed by atoms with Gasteiger partial charge in [-0.3, -0.25) is 0 Å². The van der Waals surface area contributed by atoms with Crippen LogP contribution in [-0.2, 0) is 6.54 Å². The highest BCUT2D eigenvalue weighted by Crippen LogP contribution is 2.38. The van der Waals surface area contributed by atoms with Crippen molar-refractivity contribution in [3.05, 3.63) is 77.8 Å². The second-order valence-corrected chi connectivity index (χ2v) is 9.91. The third-order valence-corrected chi connectivity index (χ3v) is 6.17. The van der Waals surface area contributed by atoms with Crippen LogP contribution < -0.4 is 15.4 Å². The average molecular weight is 508 g/mol. The van der Waals surface area contributed by atoms with Gasteiger partial charge in [-0.05, 0) is 54.9 Å². The molecule has 2 heterocycles. The zero-order valence-electron chi connectivity index (χ0n) is 21.5. The van der Waals surface area contributed by atoms with E-state index in [1.807, 2.05) is 32.2 Å². The molecule has 0 aliphatic rings. The predicted octanol–water partition coefficient (Wildman–Crippen LogP) is 5.61. The van der Waals surface area contributed by atoms with E-state index >= 15 is 4.39 Å². The number of hydrogen-bond acceptors (Lipinski definition) is 6. The van der Waals surface area contributed by atoms with Crippen LogP contribution in [0.5, 0.6) is 11.5 Å². The van der Waals surface area contributed by atoms with Gasteiger partial charge in [0.15, 0.2) is 11.6 Å². The third-order valence-electron chi connectivity index (χ3n) is 6.17. The fourth-order valence-electron chi connectivity index (χ4n) is 4.09. The molecule has 0 radical (unpaired) electrons. The Morgan fingerprint density at radius 1 is 1.14 bits per heavy atom. The molecule has 1 unspecified atom stereocenters. The zero-order valence-corrected chi connectivity index (χ0v) is 21.5. The minimum atomic E-state index is -1.12. The van der Waals surface area contributed by atoms with Crippen molar-refractivity contribution in [2.24, 2.45) is 5.41 Å². The molecule has 0 saturated carbocycles.